The van der Waals surface area contributed by atoms with Crippen molar-refractivity contribution in [3.05, 3.63) is 29.3 Å². The molecular formula is C9H8N2O2S. The number of carbonyl (C=O) groups excluding carboxylic acids is 1. The van der Waals surface area contributed by atoms with Crippen LogP contribution in [0.15, 0.2) is 23.1 Å². The Bertz CT molecular complexity index is 398. The van der Waals surface area contributed by atoms with Gasteiger partial charge in [0.1, 0.15) is 0 Å². The monoisotopic (exact) mass is 208 g/mol. The molecular weight excluding hydrogens is 200 g/mol. The number of nitrogens with zero attached hydrogens (tertiary/aromatic N) is 1. The third kappa shape index (κ3) is 2.05. The standard InChI is InChI=1S/C9H8N2O2S/c1-13-9(12)7-4-6(5-10)2-3-8(7)14-11/h2-4H,11H2,1H3. The van der Waals surface area contributed by atoms with Gasteiger partial charge in [-0.05, 0) is 30.1 Å². The fraction of sp³-hybridized carbons (Fsp3) is 0.111. The molecule has 0 radical (unpaired) electrons. The summed E-state index contributed by atoms with van der Waals surface area (Å²) in [4.78, 5) is 11.9. The van der Waals surface area contributed by atoms with Crippen LogP contribution >= 0.6 is 11.9 Å². The van der Waals surface area contributed by atoms with Crippen molar-refractivity contribution < 1.29 is 9.53 Å². The first kappa shape index (κ1) is 10.6. The number of rotatable bonds is 2. The van der Waals surface area contributed by atoms with Crippen molar-refractivity contribution in [2.45, 2.75) is 4.90 Å². The summed E-state index contributed by atoms with van der Waals surface area (Å²) in [7, 11) is 1.28. The predicted octanol–water partition coefficient (Wildman–Crippen LogP) is 1.31. The van der Waals surface area contributed by atoms with Crippen molar-refractivity contribution in [3.8, 4) is 6.07 Å². The van der Waals surface area contributed by atoms with Gasteiger partial charge in [0.2, 0.25) is 0 Å². The molecule has 72 valence electrons. The van der Waals surface area contributed by atoms with Crippen LogP contribution in [0.25, 0.3) is 0 Å². The molecule has 4 nitrogen and oxygen atoms in total. The number of ether oxygens (including phenoxy) is 1. The van der Waals surface area contributed by atoms with Crippen LogP contribution in [0.5, 0.6) is 0 Å². The summed E-state index contributed by atoms with van der Waals surface area (Å²) >= 11 is 0.948. The van der Waals surface area contributed by atoms with E-state index in [1.165, 1.54) is 13.2 Å². The van der Waals surface area contributed by atoms with Crippen LogP contribution in [0.3, 0.4) is 0 Å². The minimum absolute atomic E-state index is 0.319. The second kappa shape index (κ2) is 4.65. The van der Waals surface area contributed by atoms with E-state index in [9.17, 15) is 4.79 Å². The van der Waals surface area contributed by atoms with Gasteiger partial charge < -0.3 is 4.74 Å². The Hall–Kier alpha value is -1.51. The van der Waals surface area contributed by atoms with E-state index >= 15 is 0 Å². The van der Waals surface area contributed by atoms with Gasteiger partial charge in [0.25, 0.3) is 0 Å². The van der Waals surface area contributed by atoms with Crippen molar-refractivity contribution in [2.75, 3.05) is 7.11 Å². The van der Waals surface area contributed by atoms with Crippen LogP contribution in [0.1, 0.15) is 15.9 Å². The van der Waals surface area contributed by atoms with Crippen molar-refractivity contribution in [1.29, 1.82) is 5.26 Å². The molecule has 0 atom stereocenters. The van der Waals surface area contributed by atoms with Crippen LogP contribution in [-0.2, 0) is 4.74 Å². The van der Waals surface area contributed by atoms with Gasteiger partial charge >= 0.3 is 5.97 Å². The number of nitrogens with two attached hydrogens (primary N) is 1. The molecule has 0 aliphatic heterocycles. The predicted molar refractivity (Wildman–Crippen MR) is 52.5 cm³/mol. The van der Waals surface area contributed by atoms with Crippen LogP contribution in [0, 0.1) is 11.3 Å². The zero-order valence-corrected chi connectivity index (χ0v) is 8.30. The van der Waals surface area contributed by atoms with Crippen LogP contribution in [-0.4, -0.2) is 13.1 Å². The lowest BCUT2D eigenvalue weighted by atomic mass is 10.1. The summed E-state index contributed by atoms with van der Waals surface area (Å²) < 4.78 is 4.56. The fourth-order valence-electron chi connectivity index (χ4n) is 0.972. The Morgan fingerprint density at radius 2 is 2.36 bits per heavy atom. The molecule has 1 aromatic rings. The van der Waals surface area contributed by atoms with Crippen LogP contribution in [0.2, 0.25) is 0 Å². The van der Waals surface area contributed by atoms with E-state index in [4.69, 9.17) is 10.4 Å². The minimum atomic E-state index is -0.491. The highest BCUT2D eigenvalue weighted by atomic mass is 32.2. The second-order valence-electron chi connectivity index (χ2n) is 2.43. The Kier molecular flexibility index (Phi) is 3.51. The minimum Gasteiger partial charge on any atom is -0.465 e. The maximum Gasteiger partial charge on any atom is 0.339 e. The number of hydrogen-bond acceptors (Lipinski definition) is 5. The summed E-state index contributed by atoms with van der Waals surface area (Å²) in [6, 6.07) is 6.62. The summed E-state index contributed by atoms with van der Waals surface area (Å²) in [5.41, 5.74) is 0.724. The van der Waals surface area contributed by atoms with Crippen molar-refractivity contribution in [3.63, 3.8) is 0 Å². The van der Waals surface area contributed by atoms with Gasteiger partial charge in [-0.25, -0.2) is 4.79 Å². The number of esters is 1. The number of methoxy groups -OCH3 is 1. The molecule has 0 spiro atoms. The molecule has 0 aliphatic carbocycles. The van der Waals surface area contributed by atoms with Gasteiger partial charge in [-0.1, -0.05) is 0 Å². The third-order valence-corrected chi connectivity index (χ3v) is 2.25. The third-order valence-electron chi connectivity index (χ3n) is 1.64. The van der Waals surface area contributed by atoms with E-state index in [1.807, 2.05) is 6.07 Å². The topological polar surface area (TPSA) is 76.1 Å². The molecule has 1 rings (SSSR count). The Balaban J connectivity index is 3.23. The largest absolute Gasteiger partial charge is 0.465 e. The highest BCUT2D eigenvalue weighted by molar-refractivity contribution is 7.97. The van der Waals surface area contributed by atoms with E-state index < -0.39 is 5.97 Å². The normalized spacial score (nSPS) is 9.21. The lowest BCUT2D eigenvalue weighted by molar-refractivity contribution is 0.0596. The second-order valence-corrected chi connectivity index (χ2v) is 3.11. The number of carbonyl (C=O) groups is 1. The summed E-state index contributed by atoms with van der Waals surface area (Å²) in [5, 5.41) is 14.0. The molecule has 0 unspecified atom stereocenters. The van der Waals surface area contributed by atoms with Gasteiger partial charge in [-0.3, -0.25) is 5.14 Å². The number of benzene rings is 1. The molecule has 0 saturated heterocycles. The summed E-state index contributed by atoms with van der Waals surface area (Å²) in [6.07, 6.45) is 0. The Morgan fingerprint density at radius 3 is 2.86 bits per heavy atom. The van der Waals surface area contributed by atoms with Gasteiger partial charge in [0.05, 0.1) is 24.3 Å². The van der Waals surface area contributed by atoms with Gasteiger partial charge in [0, 0.05) is 4.90 Å². The molecule has 1 aromatic carbocycles. The van der Waals surface area contributed by atoms with E-state index in [2.05, 4.69) is 4.74 Å². The van der Waals surface area contributed by atoms with Crippen LogP contribution < -0.4 is 5.14 Å². The van der Waals surface area contributed by atoms with E-state index in [0.717, 1.165) is 11.9 Å². The fourth-order valence-corrected chi connectivity index (χ4v) is 1.39. The summed E-state index contributed by atoms with van der Waals surface area (Å²) in [5.74, 6) is -0.491. The highest BCUT2D eigenvalue weighted by Crippen LogP contribution is 2.20. The Labute approximate surface area is 85.8 Å². The van der Waals surface area contributed by atoms with E-state index in [0.29, 0.717) is 16.0 Å². The smallest absolute Gasteiger partial charge is 0.339 e. The van der Waals surface area contributed by atoms with Crippen molar-refractivity contribution in [2.24, 2.45) is 5.14 Å². The quantitative estimate of drug-likeness (QED) is 0.585. The maximum absolute atomic E-state index is 11.3. The molecule has 0 aromatic heterocycles. The zero-order valence-electron chi connectivity index (χ0n) is 7.48. The molecule has 0 fully saturated rings. The molecule has 5 heteroatoms. The molecule has 0 aliphatic rings. The molecule has 0 saturated carbocycles. The first-order chi connectivity index (χ1) is 6.72. The molecule has 0 bridgehead atoms. The van der Waals surface area contributed by atoms with Crippen molar-refractivity contribution >= 4 is 17.9 Å². The number of hydrogen-bond donors (Lipinski definition) is 1. The SMILES string of the molecule is COC(=O)c1cc(C#N)ccc1SN. The average Bonchev–Trinajstić information content (AvgIpc) is 2.27. The first-order valence-corrected chi connectivity index (χ1v) is 4.60. The number of nitriles is 1. The zero-order chi connectivity index (χ0) is 10.6. The van der Waals surface area contributed by atoms with Gasteiger partial charge in [-0.15, -0.1) is 0 Å². The lowest BCUT2D eigenvalue weighted by Gasteiger charge is -2.04. The first-order valence-electron chi connectivity index (χ1n) is 3.72. The maximum atomic E-state index is 11.3. The molecule has 14 heavy (non-hydrogen) atoms. The summed E-state index contributed by atoms with van der Waals surface area (Å²) in [6.45, 7) is 0. The Morgan fingerprint density at radius 1 is 1.64 bits per heavy atom. The average molecular weight is 208 g/mol. The molecule has 0 heterocycles. The van der Waals surface area contributed by atoms with E-state index in [1.54, 1.807) is 12.1 Å². The van der Waals surface area contributed by atoms with E-state index in [-0.39, 0.29) is 0 Å². The molecule has 2 N–H and O–H groups in total. The molecule has 0 amide bonds. The lowest BCUT2D eigenvalue weighted by Crippen LogP contribution is -2.04. The van der Waals surface area contributed by atoms with Crippen LogP contribution in [0.4, 0.5) is 0 Å². The van der Waals surface area contributed by atoms with Crippen molar-refractivity contribution in [1.82, 2.24) is 0 Å². The van der Waals surface area contributed by atoms with Gasteiger partial charge in [-0.2, -0.15) is 5.26 Å². The highest BCUT2D eigenvalue weighted by Gasteiger charge is 2.12. The van der Waals surface area contributed by atoms with Gasteiger partial charge in [0.15, 0.2) is 0 Å².